The fourth-order valence-corrected chi connectivity index (χ4v) is 5.74. The van der Waals surface area contributed by atoms with Crippen molar-refractivity contribution in [2.75, 3.05) is 7.11 Å². The van der Waals surface area contributed by atoms with E-state index in [9.17, 15) is 18.5 Å². The van der Waals surface area contributed by atoms with E-state index in [0.717, 1.165) is 3.97 Å². The third-order valence-corrected chi connectivity index (χ3v) is 7.77. The number of rotatable bonds is 6. The molecule has 0 bridgehead atoms. The number of aryl methyl sites for hydroxylation is 2. The second-order valence-electron chi connectivity index (χ2n) is 8.16. The van der Waals surface area contributed by atoms with Crippen molar-refractivity contribution < 1.29 is 17.9 Å². The predicted molar refractivity (Wildman–Crippen MR) is 134 cm³/mol. The molecule has 0 aliphatic heterocycles. The van der Waals surface area contributed by atoms with Gasteiger partial charge in [-0.2, -0.15) is 5.26 Å². The van der Waals surface area contributed by atoms with Gasteiger partial charge in [-0.05, 0) is 62.2 Å². The number of carbonyl (C=O) groups is 1. The zero-order chi connectivity index (χ0) is 25.5. The van der Waals surface area contributed by atoms with Gasteiger partial charge >= 0.3 is 0 Å². The monoisotopic (exact) mass is 485 g/mol. The Morgan fingerprint density at radius 2 is 1.80 bits per heavy atom. The van der Waals surface area contributed by atoms with E-state index < -0.39 is 15.8 Å². The number of benzene rings is 2. The van der Waals surface area contributed by atoms with Crippen LogP contribution < -0.4 is 0 Å². The van der Waals surface area contributed by atoms with Gasteiger partial charge in [0.25, 0.3) is 10.0 Å². The average molecular weight is 486 g/mol. The minimum Gasteiger partial charge on any atom is -0.497 e. The molecule has 176 valence electrons. The zero-order valence-corrected chi connectivity index (χ0v) is 20.6. The first kappa shape index (κ1) is 23.9. The Hall–Kier alpha value is -4.22. The van der Waals surface area contributed by atoms with Crippen LogP contribution >= 0.6 is 0 Å². The topological polar surface area (TPSA) is 102 Å². The van der Waals surface area contributed by atoms with Crippen LogP contribution in [0.5, 0.6) is 0 Å². The average Bonchev–Trinajstić information content (AvgIpc) is 3.25. The van der Waals surface area contributed by atoms with Crippen molar-refractivity contribution in [3.05, 3.63) is 101 Å². The normalized spacial score (nSPS) is 11.3. The van der Waals surface area contributed by atoms with Gasteiger partial charge in [0.15, 0.2) is 0 Å². The summed E-state index contributed by atoms with van der Waals surface area (Å²) in [6.07, 6.45) is 1.58. The van der Waals surface area contributed by atoms with Gasteiger partial charge in [0.1, 0.15) is 11.5 Å². The molecule has 0 spiro atoms. The van der Waals surface area contributed by atoms with Crippen molar-refractivity contribution in [3.63, 3.8) is 0 Å². The van der Waals surface area contributed by atoms with E-state index in [1.165, 1.54) is 25.3 Å². The van der Waals surface area contributed by atoms with E-state index in [-0.39, 0.29) is 21.7 Å². The largest absolute Gasteiger partial charge is 0.497 e. The first-order chi connectivity index (χ1) is 16.6. The molecule has 0 atom stereocenters. The first-order valence-corrected chi connectivity index (χ1v) is 12.2. The summed E-state index contributed by atoms with van der Waals surface area (Å²) < 4.78 is 34.0. The summed E-state index contributed by atoms with van der Waals surface area (Å²) in [5.41, 5.74) is 3.04. The molecule has 0 saturated carbocycles. The molecule has 4 aromatic rings. The highest BCUT2D eigenvalue weighted by molar-refractivity contribution is 7.90. The molecule has 0 aliphatic carbocycles. The third-order valence-electron chi connectivity index (χ3n) is 6.03. The summed E-state index contributed by atoms with van der Waals surface area (Å²) in [6, 6.07) is 14.7. The van der Waals surface area contributed by atoms with Crippen LogP contribution in [-0.2, 0) is 14.8 Å². The van der Waals surface area contributed by atoms with E-state index in [0.29, 0.717) is 39.1 Å². The quantitative estimate of drug-likeness (QED) is 0.284. The van der Waals surface area contributed by atoms with Gasteiger partial charge in [0.05, 0.1) is 29.2 Å². The number of ketones is 1. The maximum atomic E-state index is 14.0. The molecule has 0 aliphatic rings. The summed E-state index contributed by atoms with van der Waals surface area (Å²) in [7, 11) is -2.71. The van der Waals surface area contributed by atoms with Crippen LogP contribution in [-0.4, -0.2) is 30.3 Å². The number of fused-ring (bicyclic) bond motifs is 1. The lowest BCUT2D eigenvalue weighted by molar-refractivity contribution is 0.103. The van der Waals surface area contributed by atoms with Crippen LogP contribution in [0.3, 0.4) is 0 Å². The Bertz CT molecular complexity index is 1660. The fraction of sp³-hybridized carbons (Fsp3) is 0.148. The number of methoxy groups -OCH3 is 1. The van der Waals surface area contributed by atoms with Gasteiger partial charge in [-0.3, -0.25) is 9.78 Å². The number of pyridine rings is 1. The third kappa shape index (κ3) is 3.90. The van der Waals surface area contributed by atoms with Gasteiger partial charge in [-0.15, -0.1) is 0 Å². The van der Waals surface area contributed by atoms with Gasteiger partial charge in [-0.1, -0.05) is 24.8 Å². The molecule has 0 amide bonds. The predicted octanol–water partition coefficient (Wildman–Crippen LogP) is 4.92. The van der Waals surface area contributed by atoms with Crippen molar-refractivity contribution in [1.29, 1.82) is 5.26 Å². The number of nitrogens with zero attached hydrogens (tertiary/aromatic N) is 3. The second-order valence-corrected chi connectivity index (χ2v) is 9.95. The van der Waals surface area contributed by atoms with Gasteiger partial charge in [0.2, 0.25) is 5.78 Å². The molecule has 2 heterocycles. The lowest BCUT2D eigenvalue weighted by Gasteiger charge is -2.16. The maximum Gasteiger partial charge on any atom is 0.268 e. The van der Waals surface area contributed by atoms with Gasteiger partial charge < -0.3 is 4.74 Å². The molecule has 4 rings (SSSR count). The van der Waals surface area contributed by atoms with E-state index in [1.807, 2.05) is 0 Å². The number of ether oxygens (including phenoxy) is 1. The molecule has 8 heteroatoms. The van der Waals surface area contributed by atoms with Gasteiger partial charge in [-0.25, -0.2) is 12.4 Å². The van der Waals surface area contributed by atoms with E-state index in [1.54, 1.807) is 57.3 Å². The second kappa shape index (κ2) is 8.85. The molecule has 2 aromatic heterocycles. The van der Waals surface area contributed by atoms with Crippen molar-refractivity contribution >= 4 is 32.5 Å². The van der Waals surface area contributed by atoms with Crippen LogP contribution in [0.4, 0.5) is 0 Å². The summed E-state index contributed by atoms with van der Waals surface area (Å²) in [6.45, 7) is 9.08. The number of hydrogen-bond acceptors (Lipinski definition) is 6. The fourth-order valence-electron chi connectivity index (χ4n) is 4.22. The van der Waals surface area contributed by atoms with Crippen LogP contribution in [0.1, 0.15) is 44.0 Å². The van der Waals surface area contributed by atoms with Crippen molar-refractivity contribution in [2.45, 2.75) is 25.7 Å². The molecule has 0 unspecified atom stereocenters. The number of carbonyl (C=O) groups excluding carboxylic acids is 1. The smallest absolute Gasteiger partial charge is 0.268 e. The number of hydrogen-bond donors (Lipinski definition) is 0. The molecular formula is C27H23N3O4S. The number of nitriles is 1. The lowest BCUT2D eigenvalue weighted by atomic mass is 9.97. The zero-order valence-electron chi connectivity index (χ0n) is 19.8. The Labute approximate surface area is 204 Å². The van der Waals surface area contributed by atoms with Crippen molar-refractivity contribution in [1.82, 2.24) is 8.96 Å². The molecular weight excluding hydrogens is 462 g/mol. The molecule has 2 aromatic carbocycles. The molecule has 0 saturated heterocycles. The Morgan fingerprint density at radius 1 is 1.11 bits per heavy atom. The summed E-state index contributed by atoms with van der Waals surface area (Å²) in [4.78, 5) is 18.4. The maximum absolute atomic E-state index is 14.0. The Kier molecular flexibility index (Phi) is 6.05. The Balaban J connectivity index is 2.09. The summed E-state index contributed by atoms with van der Waals surface area (Å²) >= 11 is 0. The molecule has 0 radical (unpaired) electrons. The minimum atomic E-state index is -4.18. The van der Waals surface area contributed by atoms with E-state index in [2.05, 4.69) is 17.6 Å². The molecule has 0 fully saturated rings. The molecule has 7 nitrogen and oxygen atoms in total. The highest BCUT2D eigenvalue weighted by Gasteiger charge is 2.30. The van der Waals surface area contributed by atoms with Crippen molar-refractivity contribution in [2.24, 2.45) is 0 Å². The summed E-state index contributed by atoms with van der Waals surface area (Å²) in [5, 5.41) is 10.1. The van der Waals surface area contributed by atoms with Crippen LogP contribution in [0.2, 0.25) is 0 Å². The van der Waals surface area contributed by atoms with Gasteiger partial charge in [0, 0.05) is 28.4 Å². The van der Waals surface area contributed by atoms with Crippen LogP contribution in [0.15, 0.2) is 66.2 Å². The Morgan fingerprint density at radius 3 is 2.43 bits per heavy atom. The van der Waals surface area contributed by atoms with Crippen LogP contribution in [0, 0.1) is 32.1 Å². The highest BCUT2D eigenvalue weighted by atomic mass is 32.2. The van der Waals surface area contributed by atoms with Crippen molar-refractivity contribution in [3.8, 4) is 6.07 Å². The molecule has 0 N–H and O–H groups in total. The molecule has 35 heavy (non-hydrogen) atoms. The van der Waals surface area contributed by atoms with Crippen LogP contribution in [0.25, 0.3) is 16.7 Å². The standard InChI is InChI=1S/C27H23N3O4S/c1-16-11-20(14-28)12-24-22(16)13-25(30(24)35(32,33)21-9-7-6-8-10-21)27(31)26-17(2)23(19(4)34-5)15-29-18(26)3/h6-13,15H,4H2,1-3,5H3. The highest BCUT2D eigenvalue weighted by Crippen LogP contribution is 2.32. The van der Waals surface area contributed by atoms with E-state index >= 15 is 0 Å². The van der Waals surface area contributed by atoms with E-state index in [4.69, 9.17) is 4.74 Å². The SMILES string of the molecule is C=C(OC)c1cnc(C)c(C(=O)c2cc3c(C)cc(C#N)cc3n2S(=O)(=O)c2ccccc2)c1C. The minimum absolute atomic E-state index is 0.0274. The number of aromatic nitrogens is 2. The lowest BCUT2D eigenvalue weighted by Crippen LogP contribution is -2.20. The first-order valence-electron chi connectivity index (χ1n) is 10.7. The summed E-state index contributed by atoms with van der Waals surface area (Å²) in [5.74, 6) is -0.164.